The molecule has 0 bridgehead atoms. The summed E-state index contributed by atoms with van der Waals surface area (Å²) in [4.78, 5) is 39.3. The van der Waals surface area contributed by atoms with Gasteiger partial charge in [-0.3, -0.25) is 19.8 Å². The van der Waals surface area contributed by atoms with Gasteiger partial charge < -0.3 is 14.7 Å². The molecule has 2 amide bonds. The summed E-state index contributed by atoms with van der Waals surface area (Å²) in [6.45, 7) is 7.33. The van der Waals surface area contributed by atoms with Crippen LogP contribution in [-0.4, -0.2) is 78.7 Å². The van der Waals surface area contributed by atoms with Crippen molar-refractivity contribution >= 4 is 27.4 Å². The minimum absolute atomic E-state index is 0.0156. The number of aryl methyl sites for hydroxylation is 1. The van der Waals surface area contributed by atoms with Gasteiger partial charge in [-0.1, -0.05) is 0 Å². The lowest BCUT2D eigenvalue weighted by atomic mass is 10.1. The van der Waals surface area contributed by atoms with E-state index in [0.29, 0.717) is 18.4 Å². The minimum atomic E-state index is -3.24. The fourth-order valence-corrected chi connectivity index (χ4v) is 6.50. The number of hydrogen-bond donors (Lipinski definition) is 2. The SMILES string of the molecule is Cc1cc([N+](=O)[O-])ccc1S(=N)(=O)C1CCN(C(=O)[C@@H]2C[C@@H](O)CN2C(=O)OC(C)(C)C)CC1. The van der Waals surface area contributed by atoms with E-state index < -0.39 is 43.7 Å². The van der Waals surface area contributed by atoms with Crippen molar-refractivity contribution in [3.8, 4) is 0 Å². The van der Waals surface area contributed by atoms with Crippen molar-refractivity contribution < 1.29 is 28.6 Å². The predicted octanol–water partition coefficient (Wildman–Crippen LogP) is 2.67. The Balaban J connectivity index is 1.68. The number of amides is 2. The summed E-state index contributed by atoms with van der Waals surface area (Å²) in [6, 6.07) is 3.13. The highest BCUT2D eigenvalue weighted by Gasteiger charge is 2.43. The van der Waals surface area contributed by atoms with E-state index in [1.807, 2.05) is 0 Å². The number of nitrogens with zero attached hydrogens (tertiary/aromatic N) is 3. The van der Waals surface area contributed by atoms with Crippen molar-refractivity contribution in [2.75, 3.05) is 19.6 Å². The number of hydrogen-bond acceptors (Lipinski definition) is 8. The van der Waals surface area contributed by atoms with Crippen LogP contribution in [0.25, 0.3) is 0 Å². The second-order valence-corrected chi connectivity index (χ2v) is 12.2. The molecule has 11 nitrogen and oxygen atoms in total. The van der Waals surface area contributed by atoms with E-state index in [4.69, 9.17) is 9.52 Å². The van der Waals surface area contributed by atoms with Crippen molar-refractivity contribution in [2.45, 2.75) is 74.8 Å². The zero-order chi connectivity index (χ0) is 25.4. The second kappa shape index (κ2) is 9.49. The van der Waals surface area contributed by atoms with Gasteiger partial charge in [-0.25, -0.2) is 13.8 Å². The average Bonchev–Trinajstić information content (AvgIpc) is 3.13. The molecular formula is C22H32N4O7S. The molecule has 0 aromatic heterocycles. The molecule has 2 heterocycles. The number of carbonyl (C=O) groups is 2. The molecule has 3 atom stereocenters. The maximum Gasteiger partial charge on any atom is 0.411 e. The van der Waals surface area contributed by atoms with E-state index in [2.05, 4.69) is 0 Å². The molecule has 2 saturated heterocycles. The standard InChI is InChI=1S/C22H32N4O7S/c1-14-11-15(26(30)31)5-6-19(14)34(23,32)17-7-9-24(10-8-17)20(28)18-12-16(27)13-25(18)21(29)33-22(2,3)4/h5-6,11,16-18,23,27H,7-10,12-13H2,1-4H3/t16-,18+,34?/m1/s1. The third-order valence-electron chi connectivity index (χ3n) is 6.11. The second-order valence-electron chi connectivity index (χ2n) is 9.87. The zero-order valence-corrected chi connectivity index (χ0v) is 20.7. The molecule has 188 valence electrons. The van der Waals surface area contributed by atoms with Gasteiger partial charge in [0.05, 0.1) is 37.4 Å². The summed E-state index contributed by atoms with van der Waals surface area (Å²) in [5.74, 6) is -0.302. The quantitative estimate of drug-likeness (QED) is 0.480. The van der Waals surface area contributed by atoms with Crippen LogP contribution in [0.2, 0.25) is 0 Å². The first kappa shape index (κ1) is 25.9. The van der Waals surface area contributed by atoms with Gasteiger partial charge in [-0.2, -0.15) is 0 Å². The van der Waals surface area contributed by atoms with Crippen LogP contribution in [-0.2, 0) is 19.3 Å². The zero-order valence-electron chi connectivity index (χ0n) is 19.9. The van der Waals surface area contributed by atoms with E-state index >= 15 is 0 Å². The molecule has 1 unspecified atom stereocenters. The Bertz CT molecular complexity index is 1080. The average molecular weight is 497 g/mol. The van der Waals surface area contributed by atoms with Gasteiger partial charge in [0.2, 0.25) is 5.91 Å². The number of aliphatic hydroxyl groups is 1. The number of aliphatic hydroxyl groups excluding tert-OH is 1. The number of nitro benzene ring substituents is 1. The van der Waals surface area contributed by atoms with Gasteiger partial charge in [0.1, 0.15) is 11.6 Å². The molecule has 0 radical (unpaired) electrons. The van der Waals surface area contributed by atoms with E-state index in [9.17, 15) is 29.0 Å². The first-order valence-electron chi connectivity index (χ1n) is 11.2. The third-order valence-corrected chi connectivity index (χ3v) is 8.63. The Kier molecular flexibility index (Phi) is 7.23. The number of piperidine rings is 1. The Hall–Kier alpha value is -2.73. The summed E-state index contributed by atoms with van der Waals surface area (Å²) in [5.41, 5.74) is -0.424. The minimum Gasteiger partial charge on any atom is -0.444 e. The molecule has 2 N–H and O–H groups in total. The lowest BCUT2D eigenvalue weighted by Crippen LogP contribution is -2.51. The van der Waals surface area contributed by atoms with Crippen LogP contribution in [0.3, 0.4) is 0 Å². The number of rotatable bonds is 4. The maximum absolute atomic E-state index is 13.4. The van der Waals surface area contributed by atoms with Gasteiger partial charge in [0.15, 0.2) is 0 Å². The van der Waals surface area contributed by atoms with Crippen molar-refractivity contribution in [3.63, 3.8) is 0 Å². The van der Waals surface area contributed by atoms with E-state index in [1.54, 1.807) is 32.6 Å². The smallest absolute Gasteiger partial charge is 0.411 e. The number of ether oxygens (including phenoxy) is 1. The molecule has 2 aliphatic heterocycles. The highest BCUT2D eigenvalue weighted by atomic mass is 32.2. The summed E-state index contributed by atoms with van der Waals surface area (Å²) in [7, 11) is -3.24. The molecule has 3 rings (SSSR count). The van der Waals surface area contributed by atoms with Crippen LogP contribution in [0.1, 0.15) is 45.6 Å². The number of β-amino-alcohol motifs (C(OH)–C–C–N with tert-alkyl or cyclic N) is 1. The third kappa shape index (κ3) is 5.49. The monoisotopic (exact) mass is 496 g/mol. The summed E-state index contributed by atoms with van der Waals surface area (Å²) >= 11 is 0. The number of non-ortho nitro benzene ring substituents is 1. The van der Waals surface area contributed by atoms with E-state index in [-0.39, 0.29) is 42.5 Å². The molecule has 1 aromatic carbocycles. The molecule has 2 aliphatic rings. The molecule has 1 aromatic rings. The Morgan fingerprint density at radius 3 is 2.41 bits per heavy atom. The predicted molar refractivity (Wildman–Crippen MR) is 124 cm³/mol. The summed E-state index contributed by atoms with van der Waals surface area (Å²) in [6.07, 6.45) is -0.704. The van der Waals surface area contributed by atoms with Crippen LogP contribution < -0.4 is 0 Å². The van der Waals surface area contributed by atoms with Crippen LogP contribution in [0.5, 0.6) is 0 Å². The first-order valence-corrected chi connectivity index (χ1v) is 12.8. The Morgan fingerprint density at radius 1 is 1.26 bits per heavy atom. The highest BCUT2D eigenvalue weighted by molar-refractivity contribution is 7.93. The maximum atomic E-state index is 13.4. The topological polar surface area (TPSA) is 154 Å². The van der Waals surface area contributed by atoms with E-state index in [1.165, 1.54) is 23.1 Å². The van der Waals surface area contributed by atoms with Crippen molar-refractivity contribution in [2.24, 2.45) is 0 Å². The lowest BCUT2D eigenvalue weighted by molar-refractivity contribution is -0.385. The van der Waals surface area contributed by atoms with Gasteiger partial charge in [0, 0.05) is 31.6 Å². The van der Waals surface area contributed by atoms with Crippen LogP contribution >= 0.6 is 0 Å². The normalized spacial score (nSPS) is 23.4. The van der Waals surface area contributed by atoms with E-state index in [0.717, 1.165) is 0 Å². The molecule has 2 fully saturated rings. The Labute approximate surface area is 199 Å². The molecule has 12 heteroatoms. The highest BCUT2D eigenvalue weighted by Crippen LogP contribution is 2.31. The molecule has 0 spiro atoms. The molecular weight excluding hydrogens is 464 g/mol. The number of benzene rings is 1. The van der Waals surface area contributed by atoms with Crippen molar-refractivity contribution in [1.82, 2.24) is 9.80 Å². The van der Waals surface area contributed by atoms with Crippen LogP contribution in [0.4, 0.5) is 10.5 Å². The van der Waals surface area contributed by atoms with Crippen LogP contribution in [0.15, 0.2) is 23.1 Å². The lowest BCUT2D eigenvalue weighted by Gasteiger charge is -2.36. The number of nitrogens with one attached hydrogen (secondary N) is 1. The van der Waals surface area contributed by atoms with Gasteiger partial charge in [0.25, 0.3) is 5.69 Å². The van der Waals surface area contributed by atoms with Crippen molar-refractivity contribution in [3.05, 3.63) is 33.9 Å². The number of nitro groups is 1. The molecule has 0 aliphatic carbocycles. The largest absolute Gasteiger partial charge is 0.444 e. The fourth-order valence-electron chi connectivity index (χ4n) is 4.46. The van der Waals surface area contributed by atoms with Gasteiger partial charge in [-0.15, -0.1) is 0 Å². The summed E-state index contributed by atoms with van der Waals surface area (Å²) < 4.78 is 27.3. The van der Waals surface area contributed by atoms with Gasteiger partial charge in [-0.05, 0) is 52.2 Å². The number of likely N-dealkylation sites (tertiary alicyclic amines) is 2. The van der Waals surface area contributed by atoms with Gasteiger partial charge >= 0.3 is 6.09 Å². The van der Waals surface area contributed by atoms with Crippen LogP contribution in [0, 0.1) is 21.8 Å². The van der Waals surface area contributed by atoms with Crippen molar-refractivity contribution in [1.29, 1.82) is 4.78 Å². The molecule has 34 heavy (non-hydrogen) atoms. The fraction of sp³-hybridized carbons (Fsp3) is 0.636. The molecule has 0 saturated carbocycles. The summed E-state index contributed by atoms with van der Waals surface area (Å²) in [5, 5.41) is 20.6. The first-order chi connectivity index (χ1) is 15.7. The Morgan fingerprint density at radius 2 is 1.88 bits per heavy atom. The number of carbonyl (C=O) groups excluding carboxylic acids is 2.